The van der Waals surface area contributed by atoms with E-state index in [4.69, 9.17) is 0 Å². The van der Waals surface area contributed by atoms with E-state index in [2.05, 4.69) is 113 Å². The zero-order valence-electron chi connectivity index (χ0n) is 14.6. The Morgan fingerprint density at radius 2 is 1.12 bits per heavy atom. The van der Waals surface area contributed by atoms with E-state index in [0.29, 0.717) is 6.42 Å². The molecule has 3 rings (SSSR count). The van der Waals surface area contributed by atoms with E-state index in [1.165, 1.54) is 15.9 Å². The number of hydrogen-bond acceptors (Lipinski definition) is 1. The first kappa shape index (κ1) is 18.9. The highest BCUT2D eigenvalue weighted by Gasteiger charge is 2.24. The van der Waals surface area contributed by atoms with Crippen molar-refractivity contribution < 1.29 is 4.79 Å². The molecule has 0 amide bonds. The predicted molar refractivity (Wildman–Crippen MR) is 119 cm³/mol. The second-order valence-electron chi connectivity index (χ2n) is 6.16. The summed E-state index contributed by atoms with van der Waals surface area (Å²) in [6.07, 6.45) is 2.33. The zero-order valence-corrected chi connectivity index (χ0v) is 17.1. The smallest absolute Gasteiger partial charge is 0.197 e. The standard InChI is InChI=1S/C23H22BrOP/c24-23(25)18-10-11-19-26(20-12-4-1-5-13-20,21-14-6-2-7-15-21)22-16-8-3-9-17-22/h1-9,12-17,19H,10-11,18H2. The van der Waals surface area contributed by atoms with E-state index < -0.39 is 6.89 Å². The van der Waals surface area contributed by atoms with Crippen molar-refractivity contribution in [3.05, 3.63) is 91.0 Å². The molecule has 0 radical (unpaired) electrons. The normalized spacial score (nSPS) is 11.1. The van der Waals surface area contributed by atoms with Crippen LogP contribution in [-0.4, -0.2) is 10.5 Å². The lowest BCUT2D eigenvalue weighted by atomic mass is 10.3. The summed E-state index contributed by atoms with van der Waals surface area (Å²) < 4.78 is 0.0777. The third-order valence-corrected chi connectivity index (χ3v) is 9.01. The molecule has 0 atom stereocenters. The molecule has 3 heteroatoms. The molecule has 0 saturated heterocycles. The first-order valence-corrected chi connectivity index (χ1v) is 11.5. The van der Waals surface area contributed by atoms with Crippen molar-refractivity contribution in [2.24, 2.45) is 0 Å². The molecule has 1 nitrogen and oxygen atoms in total. The average Bonchev–Trinajstić information content (AvgIpc) is 2.70. The van der Waals surface area contributed by atoms with E-state index in [-0.39, 0.29) is 4.69 Å². The average molecular weight is 425 g/mol. The van der Waals surface area contributed by atoms with Gasteiger partial charge in [-0.2, -0.15) is 0 Å². The molecule has 26 heavy (non-hydrogen) atoms. The van der Waals surface area contributed by atoms with Crippen LogP contribution in [-0.2, 0) is 4.79 Å². The van der Waals surface area contributed by atoms with Crippen LogP contribution in [0.25, 0.3) is 0 Å². The second-order valence-corrected chi connectivity index (χ2v) is 10.4. The number of carbonyl (C=O) groups is 1. The maximum Gasteiger partial charge on any atom is 0.197 e. The number of benzene rings is 3. The SMILES string of the molecule is O=C(Br)CCCC=P(c1ccccc1)(c1ccccc1)c1ccccc1. The van der Waals surface area contributed by atoms with Gasteiger partial charge in [-0.15, -0.1) is 0 Å². The Labute approximate surface area is 164 Å². The minimum atomic E-state index is -1.86. The number of carbonyl (C=O) groups excluding carboxylic acids is 1. The molecule has 0 unspecified atom stereocenters. The zero-order chi connectivity index (χ0) is 18.2. The van der Waals surface area contributed by atoms with Gasteiger partial charge in [0.15, 0.2) is 4.69 Å². The summed E-state index contributed by atoms with van der Waals surface area (Å²) in [6, 6.07) is 32.3. The van der Waals surface area contributed by atoms with Crippen molar-refractivity contribution in [1.29, 1.82) is 0 Å². The minimum absolute atomic E-state index is 0.0777. The van der Waals surface area contributed by atoms with Crippen molar-refractivity contribution in [2.45, 2.75) is 19.3 Å². The van der Waals surface area contributed by atoms with E-state index in [0.717, 1.165) is 12.8 Å². The van der Waals surface area contributed by atoms with Crippen LogP contribution in [0.2, 0.25) is 0 Å². The molecule has 0 aliphatic rings. The molecular weight excluding hydrogens is 403 g/mol. The fourth-order valence-corrected chi connectivity index (χ4v) is 7.58. The van der Waals surface area contributed by atoms with Gasteiger partial charge in [0, 0.05) is 6.42 Å². The molecule has 132 valence electrons. The van der Waals surface area contributed by atoms with Crippen LogP contribution in [0.4, 0.5) is 0 Å². The lowest BCUT2D eigenvalue weighted by Crippen LogP contribution is -2.27. The molecule has 3 aromatic rings. The highest BCUT2D eigenvalue weighted by molar-refractivity contribution is 9.18. The maximum atomic E-state index is 11.3. The van der Waals surface area contributed by atoms with E-state index in [1.807, 2.05) is 0 Å². The van der Waals surface area contributed by atoms with Gasteiger partial charge in [-0.1, -0.05) is 96.8 Å². The highest BCUT2D eigenvalue weighted by Crippen LogP contribution is 2.44. The van der Waals surface area contributed by atoms with Gasteiger partial charge < -0.3 is 0 Å². The number of halogens is 1. The van der Waals surface area contributed by atoms with Crippen LogP contribution in [0.1, 0.15) is 19.3 Å². The molecular formula is C23H22BrOP. The second kappa shape index (κ2) is 9.16. The van der Waals surface area contributed by atoms with Crippen LogP contribution in [0.15, 0.2) is 91.0 Å². The molecule has 0 heterocycles. The minimum Gasteiger partial charge on any atom is -0.287 e. The summed E-state index contributed by atoms with van der Waals surface area (Å²) in [5.74, 6) is 2.48. The van der Waals surface area contributed by atoms with Crippen molar-refractivity contribution in [3.8, 4) is 0 Å². The third kappa shape index (κ3) is 4.26. The summed E-state index contributed by atoms with van der Waals surface area (Å²) in [4.78, 5) is 11.3. The molecule has 3 aromatic carbocycles. The summed E-state index contributed by atoms with van der Waals surface area (Å²) in [5.41, 5.74) is 0. The van der Waals surface area contributed by atoms with Crippen molar-refractivity contribution in [1.82, 2.24) is 0 Å². The Morgan fingerprint density at radius 3 is 1.46 bits per heavy atom. The highest BCUT2D eigenvalue weighted by atomic mass is 79.9. The van der Waals surface area contributed by atoms with Crippen molar-refractivity contribution in [2.75, 3.05) is 0 Å². The van der Waals surface area contributed by atoms with Gasteiger partial charge in [-0.3, -0.25) is 4.79 Å². The lowest BCUT2D eigenvalue weighted by molar-refractivity contribution is -0.110. The molecule has 0 bridgehead atoms. The Bertz CT molecular complexity index is 786. The van der Waals surface area contributed by atoms with Gasteiger partial charge in [0.1, 0.15) is 0 Å². The molecule has 0 spiro atoms. The van der Waals surface area contributed by atoms with Gasteiger partial charge in [0.25, 0.3) is 0 Å². The first-order chi connectivity index (χ1) is 12.7. The van der Waals surface area contributed by atoms with Crippen LogP contribution in [0.3, 0.4) is 0 Å². The van der Waals surface area contributed by atoms with Gasteiger partial charge >= 0.3 is 0 Å². The van der Waals surface area contributed by atoms with Crippen LogP contribution >= 0.6 is 22.8 Å². The maximum absolute atomic E-state index is 11.3. The molecule has 0 saturated carbocycles. The fraction of sp³-hybridized carbons (Fsp3) is 0.130. The largest absolute Gasteiger partial charge is 0.287 e. The van der Waals surface area contributed by atoms with Gasteiger partial charge in [-0.05, 0) is 51.6 Å². The number of unbranched alkanes of at least 4 members (excludes halogenated alkanes) is 1. The summed E-state index contributed by atoms with van der Waals surface area (Å²) in [6.45, 7) is -1.86. The van der Waals surface area contributed by atoms with E-state index in [1.54, 1.807) is 0 Å². The molecule has 0 N–H and O–H groups in total. The topological polar surface area (TPSA) is 17.1 Å². The van der Waals surface area contributed by atoms with E-state index in [9.17, 15) is 4.79 Å². The van der Waals surface area contributed by atoms with Crippen LogP contribution < -0.4 is 15.9 Å². The van der Waals surface area contributed by atoms with Crippen molar-refractivity contribution >= 4 is 49.2 Å². The predicted octanol–water partition coefficient (Wildman–Crippen LogP) is 4.87. The molecule has 0 aliphatic carbocycles. The Hall–Kier alpha value is -1.89. The van der Waals surface area contributed by atoms with Gasteiger partial charge in [-0.25, -0.2) is 0 Å². The molecule has 0 aliphatic heterocycles. The van der Waals surface area contributed by atoms with Crippen molar-refractivity contribution in [3.63, 3.8) is 0 Å². The Kier molecular flexibility index (Phi) is 6.66. The summed E-state index contributed by atoms with van der Waals surface area (Å²) in [5, 5.41) is 4.05. The summed E-state index contributed by atoms with van der Waals surface area (Å²) >= 11 is 3.05. The quantitative estimate of drug-likeness (QED) is 0.300. The Balaban J connectivity index is 2.21. The lowest BCUT2D eigenvalue weighted by Gasteiger charge is -2.29. The van der Waals surface area contributed by atoms with Crippen LogP contribution in [0, 0.1) is 0 Å². The number of rotatable bonds is 7. The molecule has 0 aromatic heterocycles. The fourth-order valence-electron chi connectivity index (χ4n) is 3.28. The first-order valence-electron chi connectivity index (χ1n) is 8.82. The van der Waals surface area contributed by atoms with Gasteiger partial charge in [0.2, 0.25) is 0 Å². The molecule has 0 fully saturated rings. The van der Waals surface area contributed by atoms with Gasteiger partial charge in [0.05, 0.1) is 0 Å². The summed E-state index contributed by atoms with van der Waals surface area (Å²) in [7, 11) is 0. The number of hydrogen-bond donors (Lipinski definition) is 0. The van der Waals surface area contributed by atoms with Crippen LogP contribution in [0.5, 0.6) is 0 Å². The third-order valence-electron chi connectivity index (χ3n) is 4.47. The van der Waals surface area contributed by atoms with E-state index >= 15 is 0 Å². The monoisotopic (exact) mass is 424 g/mol. The Morgan fingerprint density at radius 1 is 0.731 bits per heavy atom.